The second kappa shape index (κ2) is 6.78. The lowest BCUT2D eigenvalue weighted by Crippen LogP contribution is -2.58. The predicted molar refractivity (Wildman–Crippen MR) is 94.2 cm³/mol. The molecule has 2 heterocycles. The van der Waals surface area contributed by atoms with Crippen molar-refractivity contribution in [1.29, 1.82) is 0 Å². The second-order valence-corrected chi connectivity index (χ2v) is 8.75. The van der Waals surface area contributed by atoms with Crippen molar-refractivity contribution in [2.24, 2.45) is 11.8 Å². The first-order valence-corrected chi connectivity index (χ1v) is 9.65. The monoisotopic (exact) mass is 352 g/mol. The van der Waals surface area contributed by atoms with Gasteiger partial charge in [-0.05, 0) is 71.8 Å². The van der Waals surface area contributed by atoms with E-state index in [9.17, 15) is 9.59 Å². The molecule has 0 aromatic carbocycles. The quantitative estimate of drug-likeness (QED) is 0.728. The van der Waals surface area contributed by atoms with Crippen LogP contribution in [0, 0.1) is 11.8 Å². The highest BCUT2D eigenvalue weighted by Gasteiger charge is 2.57. The van der Waals surface area contributed by atoms with Gasteiger partial charge in [0.25, 0.3) is 0 Å². The standard InChI is InChI=1S/C19H32N2O4/c1-5-24-16(22)19(8-9-19)21-10-6-7-14(13-21)15-11-20(12-15)17(23)25-18(2,3)4/h14-15H,5-13H2,1-4H3/t14-/m0/s1. The van der Waals surface area contributed by atoms with Gasteiger partial charge in [-0.25, -0.2) is 4.79 Å². The third kappa shape index (κ3) is 3.94. The SMILES string of the molecule is CCOC(=O)C1(N2CCC[C@H](C3CN(C(=O)OC(C)(C)C)C3)C2)CC1. The van der Waals surface area contributed by atoms with E-state index in [4.69, 9.17) is 9.47 Å². The summed E-state index contributed by atoms with van der Waals surface area (Å²) in [6.07, 6.45) is 3.94. The molecule has 25 heavy (non-hydrogen) atoms. The molecule has 1 atom stereocenters. The Morgan fingerprint density at radius 2 is 1.80 bits per heavy atom. The van der Waals surface area contributed by atoms with Gasteiger partial charge in [0.15, 0.2) is 0 Å². The van der Waals surface area contributed by atoms with Gasteiger partial charge in [0, 0.05) is 19.6 Å². The Kier molecular flexibility index (Phi) is 5.02. The summed E-state index contributed by atoms with van der Waals surface area (Å²) >= 11 is 0. The van der Waals surface area contributed by atoms with Gasteiger partial charge < -0.3 is 14.4 Å². The molecule has 2 aliphatic heterocycles. The molecule has 3 aliphatic rings. The number of ether oxygens (including phenoxy) is 2. The number of amides is 1. The van der Waals surface area contributed by atoms with Crippen LogP contribution in [0.5, 0.6) is 0 Å². The molecule has 6 heteroatoms. The summed E-state index contributed by atoms with van der Waals surface area (Å²) in [7, 11) is 0. The maximum absolute atomic E-state index is 12.3. The summed E-state index contributed by atoms with van der Waals surface area (Å²) in [5, 5.41) is 0. The minimum Gasteiger partial charge on any atom is -0.465 e. The number of nitrogens with zero attached hydrogens (tertiary/aromatic N) is 2. The zero-order valence-corrected chi connectivity index (χ0v) is 16.0. The first-order chi connectivity index (χ1) is 11.7. The fourth-order valence-corrected chi connectivity index (χ4v) is 4.10. The van der Waals surface area contributed by atoms with Gasteiger partial charge in [-0.1, -0.05) is 0 Å². The molecule has 1 saturated carbocycles. The van der Waals surface area contributed by atoms with E-state index in [1.807, 2.05) is 27.7 Å². The average Bonchev–Trinajstić information content (AvgIpc) is 3.26. The Morgan fingerprint density at radius 1 is 1.12 bits per heavy atom. The van der Waals surface area contributed by atoms with Gasteiger partial charge in [0.05, 0.1) is 6.61 Å². The Balaban J connectivity index is 1.51. The number of carbonyl (C=O) groups is 2. The van der Waals surface area contributed by atoms with Crippen molar-refractivity contribution in [3.8, 4) is 0 Å². The minimum atomic E-state index is -0.443. The molecule has 3 rings (SSSR count). The molecule has 142 valence electrons. The zero-order chi connectivity index (χ0) is 18.2. The average molecular weight is 352 g/mol. The summed E-state index contributed by atoms with van der Waals surface area (Å²) < 4.78 is 10.7. The van der Waals surface area contributed by atoms with Crippen LogP contribution in [0.25, 0.3) is 0 Å². The Hall–Kier alpha value is -1.30. The molecule has 0 spiro atoms. The molecule has 0 radical (unpaired) electrons. The highest BCUT2D eigenvalue weighted by molar-refractivity contribution is 5.84. The minimum absolute atomic E-state index is 0.0420. The maximum atomic E-state index is 12.3. The van der Waals surface area contributed by atoms with Crippen LogP contribution in [0.4, 0.5) is 4.79 Å². The summed E-state index contributed by atoms with van der Waals surface area (Å²) in [5.41, 5.74) is -0.787. The van der Waals surface area contributed by atoms with Crippen molar-refractivity contribution in [3.63, 3.8) is 0 Å². The van der Waals surface area contributed by atoms with Gasteiger partial charge in [0.1, 0.15) is 11.1 Å². The molecule has 0 aromatic rings. The third-order valence-electron chi connectivity index (χ3n) is 5.67. The molecule has 0 aromatic heterocycles. The highest BCUT2D eigenvalue weighted by atomic mass is 16.6. The van der Waals surface area contributed by atoms with Gasteiger partial charge in [-0.15, -0.1) is 0 Å². The normalized spacial score (nSPS) is 26.7. The molecule has 0 unspecified atom stereocenters. The van der Waals surface area contributed by atoms with Crippen molar-refractivity contribution < 1.29 is 19.1 Å². The lowest BCUT2D eigenvalue weighted by Gasteiger charge is -2.47. The molecular formula is C19H32N2O4. The molecule has 1 aliphatic carbocycles. The van der Waals surface area contributed by atoms with Gasteiger partial charge in [-0.3, -0.25) is 9.69 Å². The number of likely N-dealkylation sites (tertiary alicyclic amines) is 2. The van der Waals surface area contributed by atoms with Crippen LogP contribution in [0.2, 0.25) is 0 Å². The Labute approximate surface area is 150 Å². The third-order valence-corrected chi connectivity index (χ3v) is 5.67. The van der Waals surface area contributed by atoms with E-state index >= 15 is 0 Å². The first-order valence-electron chi connectivity index (χ1n) is 9.65. The maximum Gasteiger partial charge on any atom is 0.410 e. The summed E-state index contributed by atoms with van der Waals surface area (Å²) in [5.74, 6) is 1.03. The lowest BCUT2D eigenvalue weighted by atomic mass is 9.80. The van der Waals surface area contributed by atoms with E-state index in [0.717, 1.165) is 45.4 Å². The lowest BCUT2D eigenvalue weighted by molar-refractivity contribution is -0.153. The van der Waals surface area contributed by atoms with E-state index in [0.29, 0.717) is 18.4 Å². The van der Waals surface area contributed by atoms with E-state index in [1.165, 1.54) is 6.42 Å². The van der Waals surface area contributed by atoms with Crippen LogP contribution < -0.4 is 0 Å². The predicted octanol–water partition coefficient (Wildman–Crippen LogP) is 2.66. The molecule has 6 nitrogen and oxygen atoms in total. The Morgan fingerprint density at radius 3 is 2.36 bits per heavy atom. The molecular weight excluding hydrogens is 320 g/mol. The van der Waals surface area contributed by atoms with E-state index < -0.39 is 5.60 Å². The zero-order valence-electron chi connectivity index (χ0n) is 16.0. The van der Waals surface area contributed by atoms with E-state index in [-0.39, 0.29) is 17.6 Å². The fraction of sp³-hybridized carbons (Fsp3) is 0.895. The summed E-state index contributed by atoms with van der Waals surface area (Å²) in [6.45, 7) is 11.5. The van der Waals surface area contributed by atoms with Crippen molar-refractivity contribution in [3.05, 3.63) is 0 Å². The number of esters is 1. The van der Waals surface area contributed by atoms with Crippen LogP contribution in [-0.2, 0) is 14.3 Å². The molecule has 0 N–H and O–H groups in total. The number of hydrogen-bond acceptors (Lipinski definition) is 5. The molecule has 1 amide bonds. The van der Waals surface area contributed by atoms with Crippen LogP contribution in [0.1, 0.15) is 53.4 Å². The van der Waals surface area contributed by atoms with Crippen LogP contribution in [0.3, 0.4) is 0 Å². The van der Waals surface area contributed by atoms with Crippen LogP contribution in [0.15, 0.2) is 0 Å². The van der Waals surface area contributed by atoms with Crippen molar-refractivity contribution in [2.75, 3.05) is 32.8 Å². The van der Waals surface area contributed by atoms with Gasteiger partial charge >= 0.3 is 12.1 Å². The van der Waals surface area contributed by atoms with Crippen molar-refractivity contribution in [1.82, 2.24) is 9.80 Å². The highest BCUT2D eigenvalue weighted by Crippen LogP contribution is 2.46. The van der Waals surface area contributed by atoms with Crippen LogP contribution >= 0.6 is 0 Å². The van der Waals surface area contributed by atoms with E-state index in [1.54, 1.807) is 4.90 Å². The second-order valence-electron chi connectivity index (χ2n) is 8.75. The smallest absolute Gasteiger partial charge is 0.410 e. The largest absolute Gasteiger partial charge is 0.465 e. The van der Waals surface area contributed by atoms with Gasteiger partial charge in [0.2, 0.25) is 0 Å². The number of carbonyl (C=O) groups excluding carboxylic acids is 2. The van der Waals surface area contributed by atoms with Crippen LogP contribution in [-0.4, -0.2) is 65.8 Å². The number of piperidine rings is 1. The Bertz CT molecular complexity index is 518. The van der Waals surface area contributed by atoms with E-state index in [2.05, 4.69) is 4.90 Å². The van der Waals surface area contributed by atoms with Gasteiger partial charge in [-0.2, -0.15) is 0 Å². The first kappa shape index (κ1) is 18.5. The number of rotatable bonds is 4. The van der Waals surface area contributed by atoms with Crippen molar-refractivity contribution in [2.45, 2.75) is 64.5 Å². The molecule has 3 fully saturated rings. The number of hydrogen-bond donors (Lipinski definition) is 0. The summed E-state index contributed by atoms with van der Waals surface area (Å²) in [4.78, 5) is 28.6. The van der Waals surface area contributed by atoms with Crippen molar-refractivity contribution >= 4 is 12.1 Å². The molecule has 2 saturated heterocycles. The topological polar surface area (TPSA) is 59.1 Å². The molecule has 0 bridgehead atoms. The summed E-state index contributed by atoms with van der Waals surface area (Å²) in [6, 6.07) is 0. The fourth-order valence-electron chi connectivity index (χ4n) is 4.10.